The Morgan fingerprint density at radius 3 is 2.35 bits per heavy atom. The number of hydrogen-bond donors (Lipinski definition) is 0. The number of piperidine rings is 1. The maximum Gasteiger partial charge on any atom is 0.253 e. The Labute approximate surface area is 187 Å². The second-order valence-corrected chi connectivity index (χ2v) is 11.5. The van der Waals surface area contributed by atoms with Gasteiger partial charge >= 0.3 is 0 Å². The average molecular weight is 448 g/mol. The van der Waals surface area contributed by atoms with E-state index in [1.807, 2.05) is 11.8 Å². The first kappa shape index (κ1) is 22.7. The third kappa shape index (κ3) is 5.32. The Morgan fingerprint density at radius 1 is 0.935 bits per heavy atom. The molecule has 1 aromatic rings. The van der Waals surface area contributed by atoms with Gasteiger partial charge in [-0.25, -0.2) is 8.42 Å². The number of rotatable bonds is 5. The molecule has 1 aromatic carbocycles. The molecule has 1 aliphatic carbocycles. The van der Waals surface area contributed by atoms with E-state index < -0.39 is 10.0 Å². The van der Waals surface area contributed by atoms with Crippen molar-refractivity contribution in [2.45, 2.75) is 69.2 Å². The lowest BCUT2D eigenvalue weighted by Gasteiger charge is -2.37. The predicted molar refractivity (Wildman–Crippen MR) is 123 cm³/mol. The summed E-state index contributed by atoms with van der Waals surface area (Å²) in [5, 5.41) is 0. The quantitative estimate of drug-likeness (QED) is 0.692. The maximum atomic E-state index is 13.2. The van der Waals surface area contributed by atoms with Gasteiger partial charge < -0.3 is 4.90 Å². The molecular weight excluding hydrogens is 410 g/mol. The molecule has 1 unspecified atom stereocenters. The van der Waals surface area contributed by atoms with E-state index in [9.17, 15) is 13.2 Å². The third-order valence-corrected chi connectivity index (χ3v) is 9.34. The van der Waals surface area contributed by atoms with E-state index in [-0.39, 0.29) is 16.8 Å². The number of sulfonamides is 1. The second-order valence-electron chi connectivity index (χ2n) is 9.59. The lowest BCUT2D eigenvalue weighted by Crippen LogP contribution is -2.49. The highest BCUT2D eigenvalue weighted by atomic mass is 32.2. The molecule has 2 saturated heterocycles. The molecule has 3 aliphatic rings. The average Bonchev–Trinajstić information content (AvgIpc) is 2.80. The largest absolute Gasteiger partial charge is 0.336 e. The lowest BCUT2D eigenvalue weighted by atomic mass is 9.89. The van der Waals surface area contributed by atoms with Gasteiger partial charge in [-0.05, 0) is 56.7 Å². The van der Waals surface area contributed by atoms with Crippen LogP contribution in [0.15, 0.2) is 29.2 Å². The second kappa shape index (κ2) is 10.0. The summed E-state index contributed by atoms with van der Waals surface area (Å²) in [5.74, 6) is 0.760. The van der Waals surface area contributed by atoms with Crippen molar-refractivity contribution in [2.75, 3.05) is 39.3 Å². The molecule has 0 N–H and O–H groups in total. The molecule has 7 heteroatoms. The van der Waals surface area contributed by atoms with Crippen molar-refractivity contribution in [1.29, 1.82) is 0 Å². The van der Waals surface area contributed by atoms with E-state index in [0.29, 0.717) is 25.2 Å². The van der Waals surface area contributed by atoms with Gasteiger partial charge in [0.2, 0.25) is 10.0 Å². The Hall–Kier alpha value is -1.44. The molecule has 31 heavy (non-hydrogen) atoms. The van der Waals surface area contributed by atoms with Crippen molar-refractivity contribution < 1.29 is 13.2 Å². The van der Waals surface area contributed by atoms with Crippen LogP contribution in [-0.2, 0) is 10.0 Å². The first-order chi connectivity index (χ1) is 14.9. The van der Waals surface area contributed by atoms with Crippen LogP contribution < -0.4 is 0 Å². The molecule has 1 amide bonds. The zero-order valence-corrected chi connectivity index (χ0v) is 19.7. The van der Waals surface area contributed by atoms with Gasteiger partial charge in [-0.3, -0.25) is 9.69 Å². The Balaban J connectivity index is 1.38. The Kier molecular flexibility index (Phi) is 7.34. The third-order valence-electron chi connectivity index (χ3n) is 7.33. The van der Waals surface area contributed by atoms with Crippen LogP contribution in [0.5, 0.6) is 0 Å². The van der Waals surface area contributed by atoms with Crippen LogP contribution in [0.25, 0.3) is 0 Å². The highest BCUT2D eigenvalue weighted by Gasteiger charge is 2.32. The number of benzene rings is 1. The van der Waals surface area contributed by atoms with Gasteiger partial charge in [-0.15, -0.1) is 0 Å². The molecule has 2 heterocycles. The van der Waals surface area contributed by atoms with Crippen molar-refractivity contribution in [3.8, 4) is 0 Å². The van der Waals surface area contributed by atoms with Crippen molar-refractivity contribution in [3.05, 3.63) is 29.8 Å². The Morgan fingerprint density at radius 2 is 1.65 bits per heavy atom. The monoisotopic (exact) mass is 447 g/mol. The molecule has 0 aromatic heterocycles. The van der Waals surface area contributed by atoms with E-state index in [0.717, 1.165) is 44.8 Å². The number of piperazine rings is 1. The fourth-order valence-electron chi connectivity index (χ4n) is 5.40. The maximum absolute atomic E-state index is 13.2. The van der Waals surface area contributed by atoms with Gasteiger partial charge in [0, 0.05) is 50.9 Å². The van der Waals surface area contributed by atoms with Crippen molar-refractivity contribution in [3.63, 3.8) is 0 Å². The van der Waals surface area contributed by atoms with Crippen molar-refractivity contribution in [2.24, 2.45) is 5.92 Å². The first-order valence-corrected chi connectivity index (χ1v) is 13.5. The fraction of sp³-hybridized carbons (Fsp3) is 0.708. The predicted octanol–water partition coefficient (Wildman–Crippen LogP) is 3.59. The highest BCUT2D eigenvalue weighted by molar-refractivity contribution is 7.89. The zero-order valence-electron chi connectivity index (χ0n) is 18.8. The van der Waals surface area contributed by atoms with E-state index in [1.165, 1.54) is 32.1 Å². The molecule has 6 nitrogen and oxygen atoms in total. The molecule has 3 fully saturated rings. The smallest absolute Gasteiger partial charge is 0.253 e. The number of carbonyl (C=O) groups is 1. The zero-order chi connectivity index (χ0) is 21.8. The Bertz CT molecular complexity index is 859. The van der Waals surface area contributed by atoms with Crippen molar-refractivity contribution in [1.82, 2.24) is 14.1 Å². The molecule has 0 spiro atoms. The summed E-state index contributed by atoms with van der Waals surface area (Å²) in [6.07, 6.45) is 9.64. The minimum absolute atomic E-state index is 0.00958. The van der Waals surface area contributed by atoms with Gasteiger partial charge in [0.05, 0.1) is 4.90 Å². The number of hydrogen-bond acceptors (Lipinski definition) is 4. The summed E-state index contributed by atoms with van der Waals surface area (Å²) in [5.41, 5.74) is 0.478. The van der Waals surface area contributed by atoms with E-state index in [1.54, 1.807) is 28.6 Å². The van der Waals surface area contributed by atoms with Crippen LogP contribution in [0.2, 0.25) is 0 Å². The van der Waals surface area contributed by atoms with Crippen LogP contribution in [-0.4, -0.2) is 73.7 Å². The van der Waals surface area contributed by atoms with E-state index >= 15 is 0 Å². The van der Waals surface area contributed by atoms with Gasteiger partial charge in [-0.2, -0.15) is 4.31 Å². The minimum atomic E-state index is -3.57. The molecular formula is C24H37N3O3S. The summed E-state index contributed by atoms with van der Waals surface area (Å²) in [6.45, 7) is 6.93. The number of amides is 1. The highest BCUT2D eigenvalue weighted by Crippen LogP contribution is 2.27. The minimum Gasteiger partial charge on any atom is -0.336 e. The molecule has 0 radical (unpaired) electrons. The first-order valence-electron chi connectivity index (χ1n) is 12.1. The molecule has 2 aliphatic heterocycles. The van der Waals surface area contributed by atoms with Gasteiger partial charge in [0.1, 0.15) is 0 Å². The van der Waals surface area contributed by atoms with Crippen LogP contribution in [0.1, 0.15) is 68.6 Å². The summed E-state index contributed by atoms with van der Waals surface area (Å²) in [6, 6.07) is 6.65. The normalized spacial score (nSPS) is 24.9. The summed E-state index contributed by atoms with van der Waals surface area (Å²) in [4.78, 5) is 17.7. The fourth-order valence-corrected chi connectivity index (χ4v) is 7.15. The summed E-state index contributed by atoms with van der Waals surface area (Å²) >= 11 is 0. The van der Waals surface area contributed by atoms with Gasteiger partial charge in [0.25, 0.3) is 5.91 Å². The van der Waals surface area contributed by atoms with Crippen molar-refractivity contribution >= 4 is 15.9 Å². The summed E-state index contributed by atoms with van der Waals surface area (Å²) in [7, 11) is -3.57. The summed E-state index contributed by atoms with van der Waals surface area (Å²) < 4.78 is 28.0. The van der Waals surface area contributed by atoms with Crippen LogP contribution in [0, 0.1) is 5.92 Å². The van der Waals surface area contributed by atoms with Crippen LogP contribution in [0.3, 0.4) is 0 Å². The lowest BCUT2D eigenvalue weighted by molar-refractivity contribution is 0.0606. The van der Waals surface area contributed by atoms with E-state index in [2.05, 4.69) is 4.90 Å². The molecule has 4 rings (SSSR count). The number of carbonyl (C=O) groups excluding carboxylic acids is 1. The SMILES string of the molecule is CC1CCCCN1S(=O)(=O)c1cccc(C(=O)N2CCN(CC3CCCCC3)CC2)c1. The molecule has 0 bridgehead atoms. The molecule has 1 atom stereocenters. The topological polar surface area (TPSA) is 60.9 Å². The van der Waals surface area contributed by atoms with Crippen LogP contribution in [0.4, 0.5) is 0 Å². The standard InChI is InChI=1S/C24H37N3O3S/c1-20-8-5-6-13-27(20)31(29,30)23-12-7-11-22(18-23)24(28)26-16-14-25(15-17-26)19-21-9-3-2-4-10-21/h7,11-12,18,20-21H,2-6,8-10,13-17,19H2,1H3. The van der Waals surface area contributed by atoms with Crippen LogP contribution >= 0.6 is 0 Å². The molecule has 1 saturated carbocycles. The van der Waals surface area contributed by atoms with Gasteiger partial charge in [-0.1, -0.05) is 31.7 Å². The van der Waals surface area contributed by atoms with E-state index in [4.69, 9.17) is 0 Å². The molecule has 172 valence electrons. The van der Waals surface area contributed by atoms with Gasteiger partial charge in [0.15, 0.2) is 0 Å². The number of nitrogens with zero attached hydrogens (tertiary/aromatic N) is 3.